The van der Waals surface area contributed by atoms with E-state index in [2.05, 4.69) is 26.6 Å². The number of halogens is 3. The molecule has 0 bridgehead atoms. The van der Waals surface area contributed by atoms with Crippen LogP contribution in [0, 0.1) is 11.6 Å². The van der Waals surface area contributed by atoms with Crippen molar-refractivity contribution in [3.8, 4) is 0 Å². The predicted molar refractivity (Wildman–Crippen MR) is 68.6 cm³/mol. The van der Waals surface area contributed by atoms with E-state index in [-0.39, 0.29) is 16.2 Å². The van der Waals surface area contributed by atoms with E-state index >= 15 is 0 Å². The van der Waals surface area contributed by atoms with Gasteiger partial charge in [0.25, 0.3) is 0 Å². The molecule has 0 saturated heterocycles. The lowest BCUT2D eigenvalue weighted by molar-refractivity contribution is 0.584. The van der Waals surface area contributed by atoms with E-state index < -0.39 is 11.6 Å². The van der Waals surface area contributed by atoms with E-state index in [1.807, 2.05) is 13.8 Å². The van der Waals surface area contributed by atoms with Crippen LogP contribution < -0.4 is 10.6 Å². The summed E-state index contributed by atoms with van der Waals surface area (Å²) in [6.07, 6.45) is 0. The minimum absolute atomic E-state index is 0.125. The quantitative estimate of drug-likeness (QED) is 0.819. The first-order valence-corrected chi connectivity index (χ1v) is 5.82. The maximum absolute atomic E-state index is 13.4. The number of thiocarbonyl (C=S) groups is 1. The van der Waals surface area contributed by atoms with Gasteiger partial charge in [-0.2, -0.15) is 0 Å². The first-order valence-electron chi connectivity index (χ1n) is 4.62. The topological polar surface area (TPSA) is 24.1 Å². The van der Waals surface area contributed by atoms with Gasteiger partial charge in [0.1, 0.15) is 5.82 Å². The highest BCUT2D eigenvalue weighted by molar-refractivity contribution is 9.10. The number of rotatable bonds is 2. The average molecular weight is 309 g/mol. The Kier molecular flexibility index (Phi) is 4.61. The van der Waals surface area contributed by atoms with Crippen molar-refractivity contribution in [2.24, 2.45) is 0 Å². The normalized spacial score (nSPS) is 10.4. The summed E-state index contributed by atoms with van der Waals surface area (Å²) in [5, 5.41) is 5.86. The van der Waals surface area contributed by atoms with Crippen molar-refractivity contribution in [3.63, 3.8) is 0 Å². The molecular formula is C10H11BrF2N2S. The molecule has 1 aromatic rings. The number of benzene rings is 1. The summed E-state index contributed by atoms with van der Waals surface area (Å²) in [6.45, 7) is 3.81. The maximum Gasteiger partial charge on any atom is 0.171 e. The molecule has 0 fully saturated rings. The summed E-state index contributed by atoms with van der Waals surface area (Å²) < 4.78 is 26.5. The molecular weight excluding hydrogens is 298 g/mol. The van der Waals surface area contributed by atoms with Crippen molar-refractivity contribution < 1.29 is 8.78 Å². The largest absolute Gasteiger partial charge is 0.360 e. The van der Waals surface area contributed by atoms with Crippen molar-refractivity contribution >= 4 is 38.9 Å². The van der Waals surface area contributed by atoms with Gasteiger partial charge in [-0.1, -0.05) is 0 Å². The van der Waals surface area contributed by atoms with Crippen molar-refractivity contribution in [2.75, 3.05) is 5.32 Å². The summed E-state index contributed by atoms with van der Waals surface area (Å²) in [4.78, 5) is 0. The summed E-state index contributed by atoms with van der Waals surface area (Å²) in [5.74, 6) is -1.34. The molecule has 88 valence electrons. The lowest BCUT2D eigenvalue weighted by atomic mass is 10.3. The second kappa shape index (κ2) is 5.54. The van der Waals surface area contributed by atoms with Crippen LogP contribution in [0.3, 0.4) is 0 Å². The highest BCUT2D eigenvalue weighted by Gasteiger charge is 2.11. The van der Waals surface area contributed by atoms with E-state index in [9.17, 15) is 8.78 Å². The monoisotopic (exact) mass is 308 g/mol. The minimum atomic E-state index is -0.695. The van der Waals surface area contributed by atoms with E-state index in [1.54, 1.807) is 0 Å². The van der Waals surface area contributed by atoms with Gasteiger partial charge in [-0.05, 0) is 48.1 Å². The Hall–Kier alpha value is -0.750. The fourth-order valence-corrected chi connectivity index (χ4v) is 1.92. The molecule has 0 aliphatic heterocycles. The van der Waals surface area contributed by atoms with E-state index in [1.165, 1.54) is 6.07 Å². The van der Waals surface area contributed by atoms with Crippen LogP contribution in [0.1, 0.15) is 13.8 Å². The molecule has 16 heavy (non-hydrogen) atoms. The third-order valence-electron chi connectivity index (χ3n) is 1.67. The molecule has 1 rings (SSSR count). The molecule has 2 nitrogen and oxygen atoms in total. The third-order valence-corrected chi connectivity index (χ3v) is 2.51. The molecule has 0 aliphatic rings. The van der Waals surface area contributed by atoms with Crippen LogP contribution in [0.15, 0.2) is 16.6 Å². The zero-order valence-corrected chi connectivity index (χ0v) is 11.2. The fraction of sp³-hybridized carbons (Fsp3) is 0.300. The molecule has 0 aromatic heterocycles. The van der Waals surface area contributed by atoms with Gasteiger partial charge in [0.05, 0.1) is 5.69 Å². The van der Waals surface area contributed by atoms with Crippen LogP contribution in [-0.4, -0.2) is 11.2 Å². The first-order chi connectivity index (χ1) is 7.40. The third kappa shape index (κ3) is 3.68. The number of hydrogen-bond donors (Lipinski definition) is 2. The smallest absolute Gasteiger partial charge is 0.171 e. The highest BCUT2D eigenvalue weighted by atomic mass is 79.9. The molecule has 6 heteroatoms. The van der Waals surface area contributed by atoms with Crippen LogP contribution in [0.2, 0.25) is 0 Å². The molecule has 0 atom stereocenters. The zero-order valence-electron chi connectivity index (χ0n) is 8.77. The van der Waals surface area contributed by atoms with Crippen molar-refractivity contribution in [2.45, 2.75) is 19.9 Å². The molecule has 0 radical (unpaired) electrons. The van der Waals surface area contributed by atoms with Gasteiger partial charge >= 0.3 is 0 Å². The summed E-state index contributed by atoms with van der Waals surface area (Å²) in [7, 11) is 0. The highest BCUT2D eigenvalue weighted by Crippen LogP contribution is 2.26. The Balaban J connectivity index is 2.85. The molecule has 0 heterocycles. The van der Waals surface area contributed by atoms with Crippen molar-refractivity contribution in [1.29, 1.82) is 0 Å². The minimum Gasteiger partial charge on any atom is -0.360 e. The summed E-state index contributed by atoms with van der Waals surface area (Å²) in [6, 6.07) is 2.11. The van der Waals surface area contributed by atoms with Crippen LogP contribution in [0.5, 0.6) is 0 Å². The Bertz CT molecular complexity index is 387. The predicted octanol–water partition coefficient (Wildman–Crippen LogP) is 3.42. The lowest BCUT2D eigenvalue weighted by Gasteiger charge is -2.14. The first kappa shape index (κ1) is 13.3. The zero-order chi connectivity index (χ0) is 12.3. The standard InChI is InChI=1S/C10H11BrF2N2S/c1-5(2)14-10(16)15-9-7(11)3-6(12)4-8(9)13/h3-5H,1-2H3,(H2,14,15,16). The molecule has 0 amide bonds. The number of hydrogen-bond acceptors (Lipinski definition) is 1. The summed E-state index contributed by atoms with van der Waals surface area (Å²) in [5.41, 5.74) is 0.125. The number of anilines is 1. The second-order valence-electron chi connectivity index (χ2n) is 3.50. The molecule has 0 unspecified atom stereocenters. The van der Waals surface area contributed by atoms with Crippen LogP contribution >= 0.6 is 28.1 Å². The molecule has 1 aromatic carbocycles. The SMILES string of the molecule is CC(C)NC(=S)Nc1c(F)cc(F)cc1Br. The molecule has 2 N–H and O–H groups in total. The van der Waals surface area contributed by atoms with E-state index in [4.69, 9.17) is 12.2 Å². The van der Waals surface area contributed by atoms with Gasteiger partial charge in [0.2, 0.25) is 0 Å². The molecule has 0 saturated carbocycles. The van der Waals surface area contributed by atoms with Gasteiger partial charge in [0, 0.05) is 16.6 Å². The van der Waals surface area contributed by atoms with Crippen molar-refractivity contribution in [1.82, 2.24) is 5.32 Å². The Labute approximate surface area is 107 Å². The van der Waals surface area contributed by atoms with Crippen LogP contribution in [0.4, 0.5) is 14.5 Å². The maximum atomic E-state index is 13.4. The van der Waals surface area contributed by atoms with Crippen LogP contribution in [-0.2, 0) is 0 Å². The van der Waals surface area contributed by atoms with Crippen molar-refractivity contribution in [3.05, 3.63) is 28.2 Å². The van der Waals surface area contributed by atoms with Crippen LogP contribution in [0.25, 0.3) is 0 Å². The van der Waals surface area contributed by atoms with E-state index in [0.717, 1.165) is 6.07 Å². The van der Waals surface area contributed by atoms with Gasteiger partial charge < -0.3 is 10.6 Å². The number of nitrogens with one attached hydrogen (secondary N) is 2. The average Bonchev–Trinajstić information content (AvgIpc) is 2.09. The fourth-order valence-electron chi connectivity index (χ4n) is 1.07. The van der Waals surface area contributed by atoms with Gasteiger partial charge in [-0.15, -0.1) is 0 Å². The molecule has 0 aliphatic carbocycles. The van der Waals surface area contributed by atoms with Gasteiger partial charge in [-0.25, -0.2) is 8.78 Å². The van der Waals surface area contributed by atoms with E-state index in [0.29, 0.717) is 5.11 Å². The Morgan fingerprint density at radius 3 is 2.50 bits per heavy atom. The Morgan fingerprint density at radius 2 is 2.00 bits per heavy atom. The second-order valence-corrected chi connectivity index (χ2v) is 4.76. The molecule has 0 spiro atoms. The van der Waals surface area contributed by atoms with Gasteiger partial charge in [-0.3, -0.25) is 0 Å². The lowest BCUT2D eigenvalue weighted by Crippen LogP contribution is -2.34. The summed E-state index contributed by atoms with van der Waals surface area (Å²) >= 11 is 8.02. The Morgan fingerprint density at radius 1 is 1.38 bits per heavy atom. The van der Waals surface area contributed by atoms with Gasteiger partial charge in [0.15, 0.2) is 10.9 Å².